The minimum absolute atomic E-state index is 0.0811. The van der Waals surface area contributed by atoms with Gasteiger partial charge in [-0.1, -0.05) is 66.7 Å². The third-order valence-corrected chi connectivity index (χ3v) is 8.04. The molecule has 0 spiro atoms. The Morgan fingerprint density at radius 2 is 1.39 bits per heavy atom. The fourth-order valence-electron chi connectivity index (χ4n) is 6.57. The third-order valence-electron chi connectivity index (χ3n) is 8.04. The Labute approximate surface area is 184 Å². The zero-order chi connectivity index (χ0) is 21.1. The topological polar surface area (TPSA) is 32.7 Å². The van der Waals surface area contributed by atoms with Crippen LogP contribution < -0.4 is 4.74 Å². The Morgan fingerprint density at radius 3 is 2.00 bits per heavy atom. The summed E-state index contributed by atoms with van der Waals surface area (Å²) in [6.45, 7) is 2.82. The average Bonchev–Trinajstić information content (AvgIpc) is 3.33. The smallest absolute Gasteiger partial charge is 0.124 e. The van der Waals surface area contributed by atoms with E-state index in [0.29, 0.717) is 5.92 Å². The highest BCUT2D eigenvalue weighted by atomic mass is 16.5. The highest BCUT2D eigenvalue weighted by Gasteiger charge is 2.53. The van der Waals surface area contributed by atoms with Gasteiger partial charge >= 0.3 is 0 Å². The number of nitrogens with zero attached hydrogens (tertiary/aromatic N) is 1. The van der Waals surface area contributed by atoms with Crippen molar-refractivity contribution in [1.29, 1.82) is 0 Å². The summed E-state index contributed by atoms with van der Waals surface area (Å²) in [6, 6.07) is 26.0. The normalized spacial score (nSPS) is 25.8. The molecule has 0 atom stereocenters. The molecule has 2 bridgehead atoms. The number of ether oxygens (including phenoxy) is 1. The Morgan fingerprint density at radius 1 is 0.839 bits per heavy atom. The van der Waals surface area contributed by atoms with Gasteiger partial charge in [-0.05, 0) is 47.6 Å². The molecule has 1 N–H and O–H groups in total. The number of likely N-dealkylation sites (tertiary alicyclic amines) is 1. The Hall–Kier alpha value is -2.62. The molecule has 0 aromatic heterocycles. The number of rotatable bonds is 4. The second kappa shape index (κ2) is 6.94. The van der Waals surface area contributed by atoms with Crippen molar-refractivity contribution < 1.29 is 9.84 Å². The van der Waals surface area contributed by atoms with E-state index in [0.717, 1.165) is 43.8 Å². The highest BCUT2D eigenvalue weighted by Crippen LogP contribution is 2.60. The van der Waals surface area contributed by atoms with E-state index in [1.807, 2.05) is 24.3 Å². The van der Waals surface area contributed by atoms with Crippen molar-refractivity contribution in [2.45, 2.75) is 36.2 Å². The standard InChI is InChI=1S/C28H29NO2/c1-31-26-13-7-6-12-25(26)28(30)14-16-29(17-15-28)19-27-18-22(20-8-2-4-10-23(20)27)21-9-3-5-11-24(21)27/h2-13,22,30H,14-19H2,1H3. The van der Waals surface area contributed by atoms with E-state index in [9.17, 15) is 5.11 Å². The molecule has 6 rings (SSSR count). The second-order valence-electron chi connectivity index (χ2n) is 9.52. The first-order chi connectivity index (χ1) is 15.1. The molecular formula is C28H29NO2. The number of para-hydroxylation sites is 1. The maximum atomic E-state index is 11.5. The molecule has 3 nitrogen and oxygen atoms in total. The summed E-state index contributed by atoms with van der Waals surface area (Å²) < 4.78 is 5.54. The molecule has 1 saturated heterocycles. The number of hydrogen-bond donors (Lipinski definition) is 1. The second-order valence-corrected chi connectivity index (χ2v) is 9.52. The fourth-order valence-corrected chi connectivity index (χ4v) is 6.57. The van der Waals surface area contributed by atoms with Gasteiger partial charge in [0.15, 0.2) is 0 Å². The molecule has 3 heteroatoms. The van der Waals surface area contributed by atoms with E-state index in [1.54, 1.807) is 7.11 Å². The molecule has 158 valence electrons. The summed E-state index contributed by atoms with van der Waals surface area (Å²) in [7, 11) is 1.68. The molecule has 1 aliphatic heterocycles. The van der Waals surface area contributed by atoms with Crippen LogP contribution in [0.2, 0.25) is 0 Å². The molecule has 0 amide bonds. The summed E-state index contributed by atoms with van der Waals surface area (Å²) in [5, 5.41) is 11.5. The number of piperidine rings is 1. The number of aliphatic hydroxyl groups is 1. The van der Waals surface area contributed by atoms with Crippen LogP contribution in [0.25, 0.3) is 0 Å². The van der Waals surface area contributed by atoms with Crippen LogP contribution in [0.3, 0.4) is 0 Å². The largest absolute Gasteiger partial charge is 0.496 e. The molecule has 3 aromatic rings. The van der Waals surface area contributed by atoms with E-state index in [-0.39, 0.29) is 5.41 Å². The van der Waals surface area contributed by atoms with Crippen molar-refractivity contribution in [2.24, 2.45) is 0 Å². The third kappa shape index (κ3) is 2.73. The van der Waals surface area contributed by atoms with Crippen LogP contribution in [0.4, 0.5) is 0 Å². The van der Waals surface area contributed by atoms with Gasteiger partial charge < -0.3 is 14.7 Å². The van der Waals surface area contributed by atoms with Crippen molar-refractivity contribution in [2.75, 3.05) is 26.7 Å². The van der Waals surface area contributed by atoms with E-state index in [4.69, 9.17) is 4.74 Å². The predicted octanol–water partition coefficient (Wildman–Crippen LogP) is 4.81. The summed E-state index contributed by atoms with van der Waals surface area (Å²) >= 11 is 0. The van der Waals surface area contributed by atoms with Crippen molar-refractivity contribution in [3.8, 4) is 5.75 Å². The number of benzene rings is 3. The monoisotopic (exact) mass is 411 g/mol. The van der Waals surface area contributed by atoms with Crippen LogP contribution in [-0.4, -0.2) is 36.8 Å². The van der Waals surface area contributed by atoms with Gasteiger partial charge in [-0.3, -0.25) is 0 Å². The minimum atomic E-state index is -0.815. The molecule has 0 unspecified atom stereocenters. The quantitative estimate of drug-likeness (QED) is 0.669. The number of fused-ring (bicyclic) bond motifs is 8. The lowest BCUT2D eigenvalue weighted by Crippen LogP contribution is -2.47. The SMILES string of the molecule is COc1ccccc1C1(O)CCN(CC23CC(c4ccccc42)c2ccccc23)CC1. The van der Waals surface area contributed by atoms with Gasteiger partial charge in [0.05, 0.1) is 12.7 Å². The summed E-state index contributed by atoms with van der Waals surface area (Å²) in [5.41, 5.74) is 6.26. The molecular weight excluding hydrogens is 382 g/mol. The van der Waals surface area contributed by atoms with Crippen LogP contribution in [0, 0.1) is 0 Å². The molecule has 0 saturated carbocycles. The number of hydrogen-bond acceptors (Lipinski definition) is 3. The lowest BCUT2D eigenvalue weighted by atomic mass is 9.74. The van der Waals surface area contributed by atoms with E-state index in [1.165, 1.54) is 28.7 Å². The van der Waals surface area contributed by atoms with Crippen LogP contribution >= 0.6 is 0 Å². The van der Waals surface area contributed by atoms with Gasteiger partial charge in [0.2, 0.25) is 0 Å². The molecule has 3 aliphatic rings. The molecule has 1 heterocycles. The van der Waals surface area contributed by atoms with Gasteiger partial charge in [-0.15, -0.1) is 0 Å². The first kappa shape index (κ1) is 19.1. The molecule has 2 aliphatic carbocycles. The maximum Gasteiger partial charge on any atom is 0.124 e. The van der Waals surface area contributed by atoms with Gasteiger partial charge in [-0.2, -0.15) is 0 Å². The molecule has 1 fully saturated rings. The molecule has 0 radical (unpaired) electrons. The van der Waals surface area contributed by atoms with Crippen molar-refractivity contribution in [3.05, 3.63) is 101 Å². The lowest BCUT2D eigenvalue weighted by molar-refractivity contribution is -0.0304. The predicted molar refractivity (Wildman–Crippen MR) is 123 cm³/mol. The lowest BCUT2D eigenvalue weighted by Gasteiger charge is -2.43. The maximum absolute atomic E-state index is 11.5. The van der Waals surface area contributed by atoms with Crippen LogP contribution in [0.1, 0.15) is 53.0 Å². The van der Waals surface area contributed by atoms with Crippen molar-refractivity contribution >= 4 is 0 Å². The average molecular weight is 412 g/mol. The van der Waals surface area contributed by atoms with Gasteiger partial charge in [0, 0.05) is 36.5 Å². The van der Waals surface area contributed by atoms with Crippen molar-refractivity contribution in [1.82, 2.24) is 4.90 Å². The first-order valence-corrected chi connectivity index (χ1v) is 11.4. The molecule has 31 heavy (non-hydrogen) atoms. The Kier molecular flexibility index (Phi) is 4.28. The Balaban J connectivity index is 1.29. The van der Waals surface area contributed by atoms with Gasteiger partial charge in [-0.25, -0.2) is 0 Å². The summed E-state index contributed by atoms with van der Waals surface area (Å²) in [4.78, 5) is 2.57. The fraction of sp³-hybridized carbons (Fsp3) is 0.357. The summed E-state index contributed by atoms with van der Waals surface area (Å²) in [5.74, 6) is 1.32. The van der Waals surface area contributed by atoms with Crippen LogP contribution in [-0.2, 0) is 11.0 Å². The van der Waals surface area contributed by atoms with Crippen LogP contribution in [0.15, 0.2) is 72.8 Å². The van der Waals surface area contributed by atoms with Crippen molar-refractivity contribution in [3.63, 3.8) is 0 Å². The zero-order valence-electron chi connectivity index (χ0n) is 18.1. The van der Waals surface area contributed by atoms with Gasteiger partial charge in [0.1, 0.15) is 5.75 Å². The minimum Gasteiger partial charge on any atom is -0.496 e. The van der Waals surface area contributed by atoms with E-state index < -0.39 is 5.60 Å². The van der Waals surface area contributed by atoms with Crippen LogP contribution in [0.5, 0.6) is 5.75 Å². The number of methoxy groups -OCH3 is 1. The first-order valence-electron chi connectivity index (χ1n) is 11.4. The van der Waals surface area contributed by atoms with Gasteiger partial charge in [0.25, 0.3) is 0 Å². The van der Waals surface area contributed by atoms with E-state index >= 15 is 0 Å². The zero-order valence-corrected chi connectivity index (χ0v) is 18.1. The highest BCUT2D eigenvalue weighted by molar-refractivity contribution is 5.63. The van der Waals surface area contributed by atoms with E-state index in [2.05, 4.69) is 53.4 Å². The molecule has 3 aromatic carbocycles. The summed E-state index contributed by atoms with van der Waals surface area (Å²) in [6.07, 6.45) is 2.64. The Bertz CT molecular complexity index is 1080.